The topological polar surface area (TPSA) is 116 Å². The Morgan fingerprint density at radius 1 is 1.65 bits per heavy atom. The van der Waals surface area contributed by atoms with Crippen molar-refractivity contribution < 1.29 is 19.6 Å². The summed E-state index contributed by atoms with van der Waals surface area (Å²) in [5.74, 6) is -1.81. The molecular weight excluding hydrogens is 228 g/mol. The highest BCUT2D eigenvalue weighted by molar-refractivity contribution is 5.78. The summed E-state index contributed by atoms with van der Waals surface area (Å²) >= 11 is 0. The first-order chi connectivity index (χ1) is 8.01. The normalized spacial score (nSPS) is 11.9. The number of ether oxygens (including phenoxy) is 1. The number of hydrogen-bond donors (Lipinski definition) is 2. The molecule has 0 bridgehead atoms. The number of carbonyl (C=O) groups is 1. The average Bonchev–Trinajstić information content (AvgIpc) is 2.31. The quantitative estimate of drug-likeness (QED) is 0.450. The highest BCUT2D eigenvalue weighted by atomic mass is 16.6. The maximum Gasteiger partial charge on any atom is 0.314 e. The second-order valence-electron chi connectivity index (χ2n) is 3.32. The van der Waals surface area contributed by atoms with Crippen molar-refractivity contribution in [1.82, 2.24) is 0 Å². The number of nitrogens with zero attached hydrogens (tertiary/aromatic N) is 1. The van der Waals surface area contributed by atoms with E-state index in [2.05, 4.69) is 4.74 Å². The number of nitrogens with two attached hydrogens (primary N) is 1. The van der Waals surface area contributed by atoms with Gasteiger partial charge < -0.3 is 15.6 Å². The minimum absolute atomic E-state index is 0.0331. The lowest BCUT2D eigenvalue weighted by molar-refractivity contribution is -0.385. The maximum absolute atomic E-state index is 11.4. The van der Waals surface area contributed by atoms with Gasteiger partial charge in [-0.3, -0.25) is 14.9 Å². The zero-order valence-electron chi connectivity index (χ0n) is 9.12. The Bertz CT molecular complexity index is 446. The summed E-state index contributed by atoms with van der Waals surface area (Å²) in [5.41, 5.74) is 5.28. The number of esters is 1. The molecule has 0 aliphatic heterocycles. The Kier molecular flexibility index (Phi) is 4.00. The number of nitro benzene ring substituents is 1. The molecule has 7 heteroatoms. The number of phenols is 1. The van der Waals surface area contributed by atoms with Gasteiger partial charge in [0.05, 0.1) is 18.0 Å². The van der Waals surface area contributed by atoms with Crippen LogP contribution in [0.2, 0.25) is 0 Å². The van der Waals surface area contributed by atoms with Crippen molar-refractivity contribution in [3.63, 3.8) is 0 Å². The van der Waals surface area contributed by atoms with Crippen molar-refractivity contribution in [1.29, 1.82) is 0 Å². The van der Waals surface area contributed by atoms with E-state index in [0.717, 1.165) is 12.1 Å². The van der Waals surface area contributed by atoms with Crippen LogP contribution in [0.3, 0.4) is 0 Å². The average molecular weight is 240 g/mol. The van der Waals surface area contributed by atoms with E-state index in [1.165, 1.54) is 13.2 Å². The monoisotopic (exact) mass is 240 g/mol. The van der Waals surface area contributed by atoms with Crippen LogP contribution in [0.4, 0.5) is 5.69 Å². The number of nitro groups is 1. The van der Waals surface area contributed by atoms with Gasteiger partial charge in [0, 0.05) is 12.6 Å². The van der Waals surface area contributed by atoms with E-state index in [4.69, 9.17) is 5.73 Å². The van der Waals surface area contributed by atoms with E-state index >= 15 is 0 Å². The SMILES string of the molecule is COC(=O)C(CN)c1ccc(O)c([N+](=O)[O-])c1. The number of aromatic hydroxyl groups is 1. The van der Waals surface area contributed by atoms with E-state index in [0.29, 0.717) is 5.56 Å². The van der Waals surface area contributed by atoms with Gasteiger partial charge in [0.1, 0.15) is 0 Å². The molecule has 0 aliphatic rings. The number of methoxy groups -OCH3 is 1. The molecule has 0 radical (unpaired) electrons. The first-order valence-electron chi connectivity index (χ1n) is 4.76. The van der Waals surface area contributed by atoms with Crippen molar-refractivity contribution in [2.75, 3.05) is 13.7 Å². The van der Waals surface area contributed by atoms with Gasteiger partial charge in [0.15, 0.2) is 5.75 Å². The lowest BCUT2D eigenvalue weighted by atomic mass is 9.98. The summed E-state index contributed by atoms with van der Waals surface area (Å²) in [4.78, 5) is 21.3. The molecular formula is C10H12N2O5. The van der Waals surface area contributed by atoms with E-state index < -0.39 is 28.2 Å². The zero-order chi connectivity index (χ0) is 13.0. The molecule has 0 spiro atoms. The molecule has 1 aromatic carbocycles. The minimum atomic E-state index is -0.778. The molecule has 1 aromatic rings. The van der Waals surface area contributed by atoms with Crippen molar-refractivity contribution in [3.05, 3.63) is 33.9 Å². The van der Waals surface area contributed by atoms with Crippen molar-refractivity contribution >= 4 is 11.7 Å². The minimum Gasteiger partial charge on any atom is -0.502 e. The number of benzene rings is 1. The first-order valence-corrected chi connectivity index (χ1v) is 4.76. The van der Waals surface area contributed by atoms with Crippen LogP contribution in [0.1, 0.15) is 11.5 Å². The Balaban J connectivity index is 3.18. The van der Waals surface area contributed by atoms with Crippen LogP contribution in [0, 0.1) is 10.1 Å². The molecule has 1 unspecified atom stereocenters. The first kappa shape index (κ1) is 12.9. The molecule has 0 saturated heterocycles. The summed E-state index contributed by atoms with van der Waals surface area (Å²) < 4.78 is 4.54. The Morgan fingerprint density at radius 2 is 2.29 bits per heavy atom. The van der Waals surface area contributed by atoms with Crippen LogP contribution < -0.4 is 5.73 Å². The molecule has 17 heavy (non-hydrogen) atoms. The molecule has 1 atom stereocenters. The molecule has 0 aliphatic carbocycles. The lowest BCUT2D eigenvalue weighted by Gasteiger charge is -2.12. The summed E-state index contributed by atoms with van der Waals surface area (Å²) in [6.45, 7) is -0.0331. The molecule has 7 nitrogen and oxygen atoms in total. The second-order valence-corrected chi connectivity index (χ2v) is 3.32. The van der Waals surface area contributed by atoms with Gasteiger partial charge in [0.2, 0.25) is 0 Å². The van der Waals surface area contributed by atoms with Crippen LogP contribution in [0.25, 0.3) is 0 Å². The molecule has 0 aromatic heterocycles. The third kappa shape index (κ3) is 2.70. The number of phenolic OH excluding ortho intramolecular Hbond substituents is 1. The molecule has 92 valence electrons. The van der Waals surface area contributed by atoms with Gasteiger partial charge in [-0.25, -0.2) is 0 Å². The second kappa shape index (κ2) is 5.26. The fourth-order valence-corrected chi connectivity index (χ4v) is 1.41. The highest BCUT2D eigenvalue weighted by Crippen LogP contribution is 2.29. The third-order valence-electron chi connectivity index (χ3n) is 2.32. The predicted molar refractivity (Wildman–Crippen MR) is 58.6 cm³/mol. The van der Waals surface area contributed by atoms with Gasteiger partial charge in [-0.2, -0.15) is 0 Å². The van der Waals surface area contributed by atoms with Crippen LogP contribution in [-0.2, 0) is 9.53 Å². The van der Waals surface area contributed by atoms with Gasteiger partial charge in [-0.05, 0) is 11.6 Å². The van der Waals surface area contributed by atoms with Crippen LogP contribution >= 0.6 is 0 Å². The molecule has 3 N–H and O–H groups in total. The fraction of sp³-hybridized carbons (Fsp3) is 0.300. The van der Waals surface area contributed by atoms with Gasteiger partial charge in [-0.1, -0.05) is 6.07 Å². The molecule has 0 fully saturated rings. The van der Waals surface area contributed by atoms with Gasteiger partial charge in [0.25, 0.3) is 0 Å². The predicted octanol–water partition coefficient (Wildman–Crippen LogP) is 0.516. The Morgan fingerprint density at radius 3 is 2.76 bits per heavy atom. The Hall–Kier alpha value is -2.15. The molecule has 0 amide bonds. The largest absolute Gasteiger partial charge is 0.502 e. The van der Waals surface area contributed by atoms with Gasteiger partial charge in [-0.15, -0.1) is 0 Å². The summed E-state index contributed by atoms with van der Waals surface area (Å²) in [5, 5.41) is 19.9. The molecule has 1 rings (SSSR count). The number of hydrogen-bond acceptors (Lipinski definition) is 6. The van der Waals surface area contributed by atoms with Crippen LogP contribution in [-0.4, -0.2) is 29.7 Å². The fourth-order valence-electron chi connectivity index (χ4n) is 1.41. The number of rotatable bonds is 4. The van der Waals surface area contributed by atoms with Crippen molar-refractivity contribution in [3.8, 4) is 5.75 Å². The highest BCUT2D eigenvalue weighted by Gasteiger charge is 2.23. The summed E-state index contributed by atoms with van der Waals surface area (Å²) in [6.07, 6.45) is 0. The van der Waals surface area contributed by atoms with Crippen molar-refractivity contribution in [2.45, 2.75) is 5.92 Å². The zero-order valence-corrected chi connectivity index (χ0v) is 9.12. The Labute approximate surface area is 97.0 Å². The lowest BCUT2D eigenvalue weighted by Crippen LogP contribution is -2.22. The van der Waals surface area contributed by atoms with E-state index in [1.807, 2.05) is 0 Å². The maximum atomic E-state index is 11.4. The van der Waals surface area contributed by atoms with Crippen LogP contribution in [0.15, 0.2) is 18.2 Å². The smallest absolute Gasteiger partial charge is 0.314 e. The number of carbonyl (C=O) groups excluding carboxylic acids is 1. The van der Waals surface area contributed by atoms with E-state index in [1.54, 1.807) is 0 Å². The van der Waals surface area contributed by atoms with E-state index in [9.17, 15) is 20.0 Å². The summed E-state index contributed by atoms with van der Waals surface area (Å²) in [7, 11) is 1.21. The molecule has 0 saturated carbocycles. The third-order valence-corrected chi connectivity index (χ3v) is 2.32. The van der Waals surface area contributed by atoms with E-state index in [-0.39, 0.29) is 6.54 Å². The van der Waals surface area contributed by atoms with Gasteiger partial charge >= 0.3 is 11.7 Å². The standard InChI is InChI=1S/C10H12N2O5/c1-17-10(14)7(5-11)6-2-3-9(13)8(4-6)12(15)16/h2-4,7,13H,5,11H2,1H3. The summed E-state index contributed by atoms with van der Waals surface area (Å²) in [6, 6.07) is 3.67. The van der Waals surface area contributed by atoms with Crippen molar-refractivity contribution in [2.24, 2.45) is 5.73 Å². The molecule has 0 heterocycles. The van der Waals surface area contributed by atoms with Crippen LogP contribution in [0.5, 0.6) is 5.75 Å².